The molecule has 10 heavy (non-hydrogen) atoms. The summed E-state index contributed by atoms with van der Waals surface area (Å²) in [6.45, 7) is 3.02. The van der Waals surface area contributed by atoms with E-state index < -0.39 is 11.8 Å². The maximum absolute atomic E-state index is 10.3. The number of ether oxygens (including phenoxy) is 2. The Morgan fingerprint density at radius 1 is 1.60 bits per heavy atom. The second-order valence-corrected chi connectivity index (χ2v) is 2.56. The van der Waals surface area contributed by atoms with Crippen molar-refractivity contribution in [3.63, 3.8) is 0 Å². The van der Waals surface area contributed by atoms with Crippen molar-refractivity contribution in [2.45, 2.75) is 19.4 Å². The molecule has 0 atom stereocenters. The summed E-state index contributed by atoms with van der Waals surface area (Å²) >= 11 is 0. The molecule has 0 rings (SSSR count). The van der Waals surface area contributed by atoms with Gasteiger partial charge in [-0.3, -0.25) is 0 Å². The number of carbonyl (C=O) groups is 1. The Labute approximate surface area is 59.7 Å². The average Bonchev–Trinajstić information content (AvgIpc) is 1.81. The van der Waals surface area contributed by atoms with E-state index in [9.17, 15) is 4.79 Å². The average molecular weight is 148 g/mol. The molecule has 0 spiro atoms. The van der Waals surface area contributed by atoms with E-state index in [2.05, 4.69) is 9.47 Å². The molecule has 0 aliphatic rings. The van der Waals surface area contributed by atoms with Crippen LogP contribution in [0, 0.1) is 0 Å². The van der Waals surface area contributed by atoms with Crippen molar-refractivity contribution in [1.82, 2.24) is 0 Å². The van der Waals surface area contributed by atoms with Gasteiger partial charge in [0.25, 0.3) is 0 Å². The summed E-state index contributed by atoms with van der Waals surface area (Å²) in [5.74, 6) is 0. The van der Waals surface area contributed by atoms with Crippen LogP contribution in [0.5, 0.6) is 0 Å². The topological polar surface area (TPSA) is 55.8 Å². The molecule has 1 N–H and O–H groups in total. The van der Waals surface area contributed by atoms with Gasteiger partial charge in [0.1, 0.15) is 6.61 Å². The van der Waals surface area contributed by atoms with Crippen LogP contribution in [-0.4, -0.2) is 30.6 Å². The molecule has 0 unspecified atom stereocenters. The van der Waals surface area contributed by atoms with Crippen LogP contribution in [0.1, 0.15) is 13.8 Å². The molecular weight excluding hydrogens is 136 g/mol. The van der Waals surface area contributed by atoms with Crippen LogP contribution in [0.4, 0.5) is 4.79 Å². The molecule has 0 bridgehead atoms. The minimum absolute atomic E-state index is 0.0559. The first-order valence-corrected chi connectivity index (χ1v) is 2.89. The van der Waals surface area contributed by atoms with Crippen molar-refractivity contribution in [2.75, 3.05) is 13.7 Å². The Kier molecular flexibility index (Phi) is 3.15. The van der Waals surface area contributed by atoms with Crippen LogP contribution in [0.25, 0.3) is 0 Å². The zero-order valence-corrected chi connectivity index (χ0v) is 6.38. The summed E-state index contributed by atoms with van der Waals surface area (Å²) < 4.78 is 8.62. The first-order valence-electron chi connectivity index (χ1n) is 2.89. The van der Waals surface area contributed by atoms with Crippen LogP contribution in [0.2, 0.25) is 0 Å². The van der Waals surface area contributed by atoms with Crippen molar-refractivity contribution in [2.24, 2.45) is 0 Å². The summed E-state index contributed by atoms with van der Waals surface area (Å²) in [6.07, 6.45) is -0.776. The minimum Gasteiger partial charge on any atom is -0.438 e. The molecule has 0 aliphatic carbocycles. The van der Waals surface area contributed by atoms with Crippen LogP contribution in [0.15, 0.2) is 0 Å². The highest BCUT2D eigenvalue weighted by molar-refractivity contribution is 5.59. The largest absolute Gasteiger partial charge is 0.508 e. The van der Waals surface area contributed by atoms with Crippen LogP contribution >= 0.6 is 0 Å². The number of hydrogen-bond donors (Lipinski definition) is 1. The Morgan fingerprint density at radius 3 is 2.40 bits per heavy atom. The molecular formula is C6H12O4. The second kappa shape index (κ2) is 3.41. The van der Waals surface area contributed by atoms with Crippen molar-refractivity contribution >= 4 is 6.16 Å². The lowest BCUT2D eigenvalue weighted by Crippen LogP contribution is -2.27. The standard InChI is InChI=1S/C6H12O4/c1-6(2,8)4-10-5(7)9-3/h8H,4H2,1-3H3. The summed E-state index contributed by atoms with van der Waals surface area (Å²) in [5, 5.41) is 9.03. The molecule has 0 aliphatic heterocycles. The normalized spacial score (nSPS) is 10.8. The quantitative estimate of drug-likeness (QED) is 0.581. The minimum atomic E-state index is -0.992. The molecule has 0 radical (unpaired) electrons. The number of hydrogen-bond acceptors (Lipinski definition) is 4. The maximum atomic E-state index is 10.3. The van der Waals surface area contributed by atoms with Crippen LogP contribution in [0.3, 0.4) is 0 Å². The SMILES string of the molecule is COC(=O)OCC(C)(C)O. The van der Waals surface area contributed by atoms with Gasteiger partial charge in [-0.1, -0.05) is 0 Å². The molecule has 0 aromatic rings. The van der Waals surface area contributed by atoms with Crippen LogP contribution in [-0.2, 0) is 9.47 Å². The van der Waals surface area contributed by atoms with E-state index in [4.69, 9.17) is 5.11 Å². The molecule has 0 fully saturated rings. The fourth-order valence-electron chi connectivity index (χ4n) is 0.294. The van der Waals surface area contributed by atoms with E-state index in [-0.39, 0.29) is 6.61 Å². The van der Waals surface area contributed by atoms with Gasteiger partial charge in [0.05, 0.1) is 12.7 Å². The molecule has 0 aromatic carbocycles. The first kappa shape index (κ1) is 9.23. The van der Waals surface area contributed by atoms with Gasteiger partial charge in [-0.15, -0.1) is 0 Å². The summed E-state index contributed by atoms with van der Waals surface area (Å²) in [7, 11) is 1.21. The lowest BCUT2D eigenvalue weighted by atomic mass is 10.2. The number of methoxy groups -OCH3 is 1. The lowest BCUT2D eigenvalue weighted by Gasteiger charge is -2.15. The van der Waals surface area contributed by atoms with E-state index in [1.807, 2.05) is 0 Å². The third kappa shape index (κ3) is 5.37. The Morgan fingerprint density at radius 2 is 2.10 bits per heavy atom. The van der Waals surface area contributed by atoms with Gasteiger partial charge in [-0.05, 0) is 13.8 Å². The van der Waals surface area contributed by atoms with Crippen molar-refractivity contribution in [1.29, 1.82) is 0 Å². The van der Waals surface area contributed by atoms with E-state index in [1.165, 1.54) is 21.0 Å². The molecule has 0 saturated carbocycles. The maximum Gasteiger partial charge on any atom is 0.508 e. The smallest absolute Gasteiger partial charge is 0.438 e. The Balaban J connectivity index is 3.46. The molecule has 0 saturated heterocycles. The predicted molar refractivity (Wildman–Crippen MR) is 34.7 cm³/mol. The van der Waals surface area contributed by atoms with Gasteiger partial charge in [-0.25, -0.2) is 4.79 Å². The zero-order valence-electron chi connectivity index (χ0n) is 6.38. The fraction of sp³-hybridized carbons (Fsp3) is 0.833. The van der Waals surface area contributed by atoms with Gasteiger partial charge in [0.15, 0.2) is 0 Å². The van der Waals surface area contributed by atoms with E-state index in [0.29, 0.717) is 0 Å². The van der Waals surface area contributed by atoms with Gasteiger partial charge >= 0.3 is 6.16 Å². The fourth-order valence-corrected chi connectivity index (χ4v) is 0.294. The number of carbonyl (C=O) groups excluding carboxylic acids is 1. The van der Waals surface area contributed by atoms with Crippen molar-refractivity contribution in [3.05, 3.63) is 0 Å². The highest BCUT2D eigenvalue weighted by atomic mass is 16.7. The zero-order chi connectivity index (χ0) is 8.20. The number of rotatable bonds is 2. The first-order chi connectivity index (χ1) is 4.45. The number of aliphatic hydroxyl groups is 1. The van der Waals surface area contributed by atoms with Gasteiger partial charge in [0.2, 0.25) is 0 Å². The van der Waals surface area contributed by atoms with Gasteiger partial charge < -0.3 is 14.6 Å². The highest BCUT2D eigenvalue weighted by Gasteiger charge is 2.15. The Hall–Kier alpha value is -0.770. The third-order valence-electron chi connectivity index (χ3n) is 0.710. The molecule has 4 nitrogen and oxygen atoms in total. The molecule has 0 heterocycles. The Bertz CT molecular complexity index is 113. The molecule has 60 valence electrons. The second-order valence-electron chi connectivity index (χ2n) is 2.56. The highest BCUT2D eigenvalue weighted by Crippen LogP contribution is 2.01. The van der Waals surface area contributed by atoms with Crippen LogP contribution < -0.4 is 0 Å². The molecule has 0 aromatic heterocycles. The van der Waals surface area contributed by atoms with E-state index in [1.54, 1.807) is 0 Å². The summed E-state index contributed by atoms with van der Waals surface area (Å²) in [6, 6.07) is 0. The van der Waals surface area contributed by atoms with E-state index in [0.717, 1.165) is 0 Å². The van der Waals surface area contributed by atoms with Crippen molar-refractivity contribution < 1.29 is 19.4 Å². The lowest BCUT2D eigenvalue weighted by molar-refractivity contribution is -0.0144. The monoisotopic (exact) mass is 148 g/mol. The van der Waals surface area contributed by atoms with Crippen molar-refractivity contribution in [3.8, 4) is 0 Å². The molecule has 0 amide bonds. The predicted octanol–water partition coefficient (Wildman–Crippen LogP) is 0.540. The van der Waals surface area contributed by atoms with Gasteiger partial charge in [0, 0.05) is 0 Å². The summed E-state index contributed by atoms with van der Waals surface area (Å²) in [5.41, 5.74) is -0.992. The van der Waals surface area contributed by atoms with E-state index >= 15 is 0 Å². The summed E-state index contributed by atoms with van der Waals surface area (Å²) in [4.78, 5) is 10.3. The van der Waals surface area contributed by atoms with Gasteiger partial charge in [-0.2, -0.15) is 0 Å². The third-order valence-corrected chi connectivity index (χ3v) is 0.710. The molecule has 4 heteroatoms.